The van der Waals surface area contributed by atoms with E-state index < -0.39 is 0 Å². The minimum absolute atomic E-state index is 0.0714. The second-order valence-corrected chi connectivity index (χ2v) is 9.25. The molecule has 0 aliphatic carbocycles. The van der Waals surface area contributed by atoms with Gasteiger partial charge in [0.15, 0.2) is 0 Å². The van der Waals surface area contributed by atoms with Gasteiger partial charge in [0, 0.05) is 11.2 Å². The van der Waals surface area contributed by atoms with Crippen LogP contribution >= 0.6 is 11.8 Å². The molecule has 0 heterocycles. The van der Waals surface area contributed by atoms with Crippen LogP contribution in [0.4, 0.5) is 0 Å². The molecular weight excluding hydrogens is 288 g/mol. The van der Waals surface area contributed by atoms with Gasteiger partial charge in [-0.25, -0.2) is 0 Å². The summed E-state index contributed by atoms with van der Waals surface area (Å²) in [4.78, 5) is 11.3. The minimum atomic E-state index is 0.0714. The van der Waals surface area contributed by atoms with Crippen LogP contribution in [0.3, 0.4) is 0 Å². The summed E-state index contributed by atoms with van der Waals surface area (Å²) in [6, 6.07) is 6.94. The zero-order chi connectivity index (χ0) is 16.8. The van der Waals surface area contributed by atoms with E-state index in [9.17, 15) is 4.79 Å². The maximum Gasteiger partial charge on any atom is 0.131 e. The van der Waals surface area contributed by atoms with E-state index in [0.717, 1.165) is 18.6 Å². The summed E-state index contributed by atoms with van der Waals surface area (Å²) in [5, 5.41) is 0. The molecule has 0 amide bonds. The number of carbonyl (C=O) groups is 1. The summed E-state index contributed by atoms with van der Waals surface area (Å²) in [7, 11) is 0. The summed E-state index contributed by atoms with van der Waals surface area (Å²) in [5.74, 6) is 2.12. The van der Waals surface area contributed by atoms with Crippen molar-refractivity contribution < 1.29 is 4.79 Å². The number of rotatable bonds is 9. The van der Waals surface area contributed by atoms with Crippen molar-refractivity contribution in [3.8, 4) is 0 Å². The molecule has 124 valence electrons. The van der Waals surface area contributed by atoms with Gasteiger partial charge in [0.2, 0.25) is 0 Å². The number of Topliss-reactive ketones (excluding diaryl/α,β-unsaturated/α-hetero) is 1. The van der Waals surface area contributed by atoms with Crippen molar-refractivity contribution in [3.05, 3.63) is 34.9 Å². The van der Waals surface area contributed by atoms with Gasteiger partial charge < -0.3 is 0 Å². The molecule has 1 nitrogen and oxygen atoms in total. The number of ketones is 1. The second kappa shape index (κ2) is 8.76. The van der Waals surface area contributed by atoms with E-state index in [1.807, 2.05) is 11.8 Å². The molecule has 0 saturated carbocycles. The fraction of sp³-hybridized carbons (Fsp3) is 0.650. The van der Waals surface area contributed by atoms with Crippen LogP contribution in [0, 0.1) is 12.8 Å². The van der Waals surface area contributed by atoms with Crippen molar-refractivity contribution in [1.29, 1.82) is 0 Å². The van der Waals surface area contributed by atoms with Crippen LogP contribution in [-0.4, -0.2) is 16.3 Å². The maximum absolute atomic E-state index is 11.3. The van der Waals surface area contributed by atoms with Gasteiger partial charge in [0.05, 0.1) is 0 Å². The van der Waals surface area contributed by atoms with E-state index in [1.165, 1.54) is 23.1 Å². The minimum Gasteiger partial charge on any atom is -0.300 e. The Labute approximate surface area is 141 Å². The zero-order valence-electron chi connectivity index (χ0n) is 15.2. The normalized spacial score (nSPS) is 12.0. The summed E-state index contributed by atoms with van der Waals surface area (Å²) < 4.78 is 0.0714. The van der Waals surface area contributed by atoms with Crippen molar-refractivity contribution in [3.63, 3.8) is 0 Å². The van der Waals surface area contributed by atoms with E-state index in [4.69, 9.17) is 0 Å². The van der Waals surface area contributed by atoms with Gasteiger partial charge in [-0.2, -0.15) is 11.8 Å². The van der Waals surface area contributed by atoms with Crippen molar-refractivity contribution in [2.45, 2.75) is 72.0 Å². The van der Waals surface area contributed by atoms with Gasteiger partial charge in [-0.3, -0.25) is 4.79 Å². The molecule has 0 atom stereocenters. The van der Waals surface area contributed by atoms with Gasteiger partial charge >= 0.3 is 0 Å². The average molecular weight is 321 g/mol. The Morgan fingerprint density at radius 3 is 2.50 bits per heavy atom. The highest BCUT2D eigenvalue weighted by atomic mass is 32.2. The highest BCUT2D eigenvalue weighted by molar-refractivity contribution is 8.00. The lowest BCUT2D eigenvalue weighted by molar-refractivity contribution is -0.117. The van der Waals surface area contributed by atoms with Crippen LogP contribution in [-0.2, 0) is 17.6 Å². The molecule has 0 aliphatic rings. The van der Waals surface area contributed by atoms with E-state index >= 15 is 0 Å². The lowest BCUT2D eigenvalue weighted by Gasteiger charge is -2.22. The third-order valence-electron chi connectivity index (χ3n) is 3.81. The van der Waals surface area contributed by atoms with Crippen molar-refractivity contribution in [2.24, 2.45) is 5.92 Å². The van der Waals surface area contributed by atoms with Crippen LogP contribution in [0.5, 0.6) is 0 Å². The first-order valence-corrected chi connectivity index (χ1v) is 9.40. The van der Waals surface area contributed by atoms with Gasteiger partial charge in [-0.1, -0.05) is 45.9 Å². The molecule has 0 spiro atoms. The predicted molar refractivity (Wildman–Crippen MR) is 99.9 cm³/mol. The molecule has 22 heavy (non-hydrogen) atoms. The number of carbonyl (C=O) groups excluding carboxylic acids is 1. The molecule has 0 unspecified atom stereocenters. The quantitative estimate of drug-likeness (QED) is 0.549. The first kappa shape index (κ1) is 19.3. The van der Waals surface area contributed by atoms with Gasteiger partial charge in [0.25, 0.3) is 0 Å². The molecular formula is C20H32OS. The fourth-order valence-electron chi connectivity index (χ4n) is 2.90. The van der Waals surface area contributed by atoms with Gasteiger partial charge in [-0.05, 0) is 61.5 Å². The van der Waals surface area contributed by atoms with Crippen LogP contribution < -0.4 is 0 Å². The van der Waals surface area contributed by atoms with Crippen LogP contribution in [0.25, 0.3) is 0 Å². The van der Waals surface area contributed by atoms with E-state index in [2.05, 4.69) is 52.8 Å². The Hall–Kier alpha value is -0.760. The van der Waals surface area contributed by atoms with Gasteiger partial charge in [-0.15, -0.1) is 0 Å². The first-order chi connectivity index (χ1) is 10.2. The second-order valence-electron chi connectivity index (χ2n) is 7.45. The molecule has 0 radical (unpaired) electrons. The highest BCUT2D eigenvalue weighted by Crippen LogP contribution is 2.29. The molecule has 2 heteroatoms. The van der Waals surface area contributed by atoms with Gasteiger partial charge in [0.1, 0.15) is 5.78 Å². The number of hydrogen-bond donors (Lipinski definition) is 0. The smallest absolute Gasteiger partial charge is 0.131 e. The molecule has 1 rings (SSSR count). The predicted octanol–water partition coefficient (Wildman–Crippen LogP) is 5.62. The first-order valence-electron chi connectivity index (χ1n) is 8.41. The molecule has 1 aromatic carbocycles. The third kappa shape index (κ3) is 7.49. The van der Waals surface area contributed by atoms with E-state index in [0.29, 0.717) is 12.3 Å². The van der Waals surface area contributed by atoms with Crippen LogP contribution in [0.2, 0.25) is 0 Å². The monoisotopic (exact) mass is 320 g/mol. The summed E-state index contributed by atoms with van der Waals surface area (Å²) in [6.45, 7) is 12.8. The fourth-order valence-corrected chi connectivity index (χ4v) is 4.05. The summed E-state index contributed by atoms with van der Waals surface area (Å²) in [5.41, 5.74) is 4.34. The molecule has 0 aromatic heterocycles. The Morgan fingerprint density at radius 1 is 1.27 bits per heavy atom. The van der Waals surface area contributed by atoms with Crippen molar-refractivity contribution >= 4 is 17.5 Å². The summed E-state index contributed by atoms with van der Waals surface area (Å²) in [6.07, 6.45) is 4.14. The maximum atomic E-state index is 11.3. The lowest BCUT2D eigenvalue weighted by Crippen LogP contribution is -2.19. The molecule has 0 aliphatic heterocycles. The zero-order valence-corrected chi connectivity index (χ0v) is 16.0. The highest BCUT2D eigenvalue weighted by Gasteiger charge is 2.20. The number of hydrogen-bond acceptors (Lipinski definition) is 2. The molecule has 1 aromatic rings. The summed E-state index contributed by atoms with van der Waals surface area (Å²) >= 11 is 1.92. The Kier molecular flexibility index (Phi) is 7.68. The largest absolute Gasteiger partial charge is 0.300 e. The van der Waals surface area contributed by atoms with E-state index in [-0.39, 0.29) is 10.5 Å². The number of thioether (sulfide) groups is 1. The Balaban J connectivity index is 2.44. The SMILES string of the molecule is CC(=O)CC(C)(C)SCCCc1ccc(CC(C)C)cc1C. The Bertz CT molecular complexity index is 488. The molecule has 0 bridgehead atoms. The number of benzene rings is 1. The van der Waals surface area contributed by atoms with Crippen LogP contribution in [0.1, 0.15) is 64.2 Å². The van der Waals surface area contributed by atoms with E-state index in [1.54, 1.807) is 6.92 Å². The molecule has 0 N–H and O–H groups in total. The average Bonchev–Trinajstić information content (AvgIpc) is 2.34. The third-order valence-corrected chi connectivity index (χ3v) is 5.23. The lowest BCUT2D eigenvalue weighted by atomic mass is 9.97. The van der Waals surface area contributed by atoms with Crippen molar-refractivity contribution in [2.75, 3.05) is 5.75 Å². The standard InChI is InChI=1S/C20H32OS/c1-15(2)12-18-9-10-19(16(3)13-18)8-7-11-22-20(5,6)14-17(4)21/h9-10,13,15H,7-8,11-12,14H2,1-6H3. The Morgan fingerprint density at radius 2 is 1.95 bits per heavy atom. The van der Waals surface area contributed by atoms with Crippen molar-refractivity contribution in [1.82, 2.24) is 0 Å². The topological polar surface area (TPSA) is 17.1 Å². The molecule has 0 fully saturated rings. The number of aryl methyl sites for hydroxylation is 2. The van der Waals surface area contributed by atoms with Crippen LogP contribution in [0.15, 0.2) is 18.2 Å². The molecule has 0 saturated heterocycles.